The van der Waals surface area contributed by atoms with Crippen LogP contribution in [0.5, 0.6) is 0 Å². The molecule has 1 atom stereocenters. The van der Waals surface area contributed by atoms with Crippen molar-refractivity contribution in [3.05, 3.63) is 50.4 Å². The van der Waals surface area contributed by atoms with E-state index >= 15 is 0 Å². The zero-order valence-corrected chi connectivity index (χ0v) is 14.2. The molecule has 1 aromatic carbocycles. The molecule has 0 amide bonds. The van der Waals surface area contributed by atoms with Gasteiger partial charge in [0.1, 0.15) is 5.82 Å². The first-order valence-electron chi connectivity index (χ1n) is 6.09. The number of benzene rings is 1. The Bertz CT molecular complexity index is 612. The molecule has 3 N–H and O–H groups in total. The molecule has 1 unspecified atom stereocenters. The van der Waals surface area contributed by atoms with Crippen LogP contribution in [-0.4, -0.2) is 9.78 Å². The highest BCUT2D eigenvalue weighted by Crippen LogP contribution is 2.33. The molecular formula is C13H15Br2FN4. The van der Waals surface area contributed by atoms with Gasteiger partial charge in [-0.25, -0.2) is 9.82 Å². The van der Waals surface area contributed by atoms with Crippen molar-refractivity contribution in [2.24, 2.45) is 5.84 Å². The minimum absolute atomic E-state index is 0.166. The minimum Gasteiger partial charge on any atom is -0.271 e. The molecule has 20 heavy (non-hydrogen) atoms. The quantitative estimate of drug-likeness (QED) is 0.602. The van der Waals surface area contributed by atoms with Crippen LogP contribution in [0.4, 0.5) is 4.39 Å². The van der Waals surface area contributed by atoms with E-state index in [0.29, 0.717) is 0 Å². The van der Waals surface area contributed by atoms with E-state index in [4.69, 9.17) is 5.84 Å². The van der Waals surface area contributed by atoms with Gasteiger partial charge in [-0.2, -0.15) is 5.10 Å². The highest BCUT2D eigenvalue weighted by atomic mass is 79.9. The Morgan fingerprint density at radius 3 is 2.60 bits per heavy atom. The summed E-state index contributed by atoms with van der Waals surface area (Å²) >= 11 is 6.92. The number of hydrogen-bond donors (Lipinski definition) is 2. The largest absolute Gasteiger partial charge is 0.271 e. The van der Waals surface area contributed by atoms with E-state index in [9.17, 15) is 4.39 Å². The van der Waals surface area contributed by atoms with Gasteiger partial charge in [0.25, 0.3) is 0 Å². The molecule has 2 aromatic rings. The Morgan fingerprint density at radius 2 is 2.00 bits per heavy atom. The molecule has 1 heterocycles. The first-order valence-corrected chi connectivity index (χ1v) is 7.68. The lowest BCUT2D eigenvalue weighted by Crippen LogP contribution is -2.31. The molecule has 0 aliphatic carbocycles. The van der Waals surface area contributed by atoms with Crippen molar-refractivity contribution in [1.29, 1.82) is 0 Å². The normalized spacial score (nSPS) is 12.9. The van der Waals surface area contributed by atoms with Crippen molar-refractivity contribution < 1.29 is 4.39 Å². The number of nitrogens with one attached hydrogen (secondary N) is 1. The second kappa shape index (κ2) is 6.34. The summed E-state index contributed by atoms with van der Waals surface area (Å²) in [6.07, 6.45) is 1.72. The summed E-state index contributed by atoms with van der Waals surface area (Å²) < 4.78 is 17.0. The van der Waals surface area contributed by atoms with Crippen LogP contribution in [0.3, 0.4) is 0 Å². The first kappa shape index (κ1) is 15.6. The monoisotopic (exact) mass is 404 g/mol. The standard InChI is InChI=1S/C13H15Br2FN4/c1-7(2)20-13(11(15)6-18-20)12(19-17)9-5-8(16)3-4-10(9)14/h3-7,12,19H,17H2,1-2H3. The lowest BCUT2D eigenvalue weighted by Gasteiger charge is -2.22. The Balaban J connectivity index is 2.58. The van der Waals surface area contributed by atoms with Crippen molar-refractivity contribution in [3.63, 3.8) is 0 Å². The number of nitrogens with zero attached hydrogens (tertiary/aromatic N) is 2. The van der Waals surface area contributed by atoms with Gasteiger partial charge in [-0.1, -0.05) is 15.9 Å². The van der Waals surface area contributed by atoms with Crippen LogP contribution in [0.25, 0.3) is 0 Å². The molecule has 7 heteroatoms. The number of hydrogen-bond acceptors (Lipinski definition) is 3. The second-order valence-electron chi connectivity index (χ2n) is 4.68. The average Bonchev–Trinajstić information content (AvgIpc) is 2.77. The second-order valence-corrected chi connectivity index (χ2v) is 6.39. The van der Waals surface area contributed by atoms with Crippen molar-refractivity contribution in [2.75, 3.05) is 0 Å². The van der Waals surface area contributed by atoms with E-state index in [2.05, 4.69) is 42.4 Å². The van der Waals surface area contributed by atoms with E-state index in [-0.39, 0.29) is 17.9 Å². The van der Waals surface area contributed by atoms with Gasteiger partial charge < -0.3 is 0 Å². The van der Waals surface area contributed by atoms with Gasteiger partial charge in [0, 0.05) is 10.5 Å². The molecule has 0 aliphatic rings. The number of aromatic nitrogens is 2. The summed E-state index contributed by atoms with van der Waals surface area (Å²) in [4.78, 5) is 0. The number of rotatable bonds is 4. The van der Waals surface area contributed by atoms with Crippen LogP contribution < -0.4 is 11.3 Å². The van der Waals surface area contributed by atoms with Gasteiger partial charge in [0.05, 0.1) is 22.4 Å². The van der Waals surface area contributed by atoms with Crippen molar-refractivity contribution in [2.45, 2.75) is 25.9 Å². The Kier molecular flexibility index (Phi) is 4.95. The van der Waals surface area contributed by atoms with Crippen LogP contribution in [0, 0.1) is 5.82 Å². The highest BCUT2D eigenvalue weighted by Gasteiger charge is 2.24. The SMILES string of the molecule is CC(C)n1ncc(Br)c1C(NN)c1cc(F)ccc1Br. The summed E-state index contributed by atoms with van der Waals surface area (Å²) in [5.74, 6) is 5.39. The summed E-state index contributed by atoms with van der Waals surface area (Å²) in [6.45, 7) is 4.05. The molecule has 1 aromatic heterocycles. The van der Waals surface area contributed by atoms with Crippen molar-refractivity contribution in [1.82, 2.24) is 15.2 Å². The zero-order valence-electron chi connectivity index (χ0n) is 11.1. The van der Waals surface area contributed by atoms with E-state index in [1.54, 1.807) is 12.3 Å². The third-order valence-electron chi connectivity index (χ3n) is 2.99. The van der Waals surface area contributed by atoms with Crippen LogP contribution in [-0.2, 0) is 0 Å². The summed E-state index contributed by atoms with van der Waals surface area (Å²) in [7, 11) is 0. The number of nitrogens with two attached hydrogens (primary N) is 1. The first-order chi connectivity index (χ1) is 9.45. The smallest absolute Gasteiger partial charge is 0.123 e. The summed E-state index contributed by atoms with van der Waals surface area (Å²) in [5, 5.41) is 4.33. The molecule has 0 saturated heterocycles. The molecule has 0 aliphatic heterocycles. The predicted molar refractivity (Wildman–Crippen MR) is 83.6 cm³/mol. The molecule has 108 valence electrons. The molecule has 0 fully saturated rings. The van der Waals surface area contributed by atoms with Gasteiger partial charge in [-0.05, 0) is 53.5 Å². The van der Waals surface area contributed by atoms with Crippen LogP contribution in [0.1, 0.15) is 37.2 Å². The maximum absolute atomic E-state index is 13.5. The third kappa shape index (κ3) is 2.95. The van der Waals surface area contributed by atoms with Gasteiger partial charge >= 0.3 is 0 Å². The molecule has 4 nitrogen and oxygen atoms in total. The van der Waals surface area contributed by atoms with E-state index in [1.807, 2.05) is 18.5 Å². The predicted octanol–water partition coefficient (Wildman–Crippen LogP) is 3.68. The number of hydrazine groups is 1. The highest BCUT2D eigenvalue weighted by molar-refractivity contribution is 9.10. The third-order valence-corrected chi connectivity index (χ3v) is 4.32. The number of halogens is 3. The van der Waals surface area contributed by atoms with E-state index in [0.717, 1.165) is 20.2 Å². The van der Waals surface area contributed by atoms with Gasteiger partial charge in [-0.15, -0.1) is 0 Å². The van der Waals surface area contributed by atoms with Gasteiger partial charge in [0.2, 0.25) is 0 Å². The van der Waals surface area contributed by atoms with Crippen molar-refractivity contribution >= 4 is 31.9 Å². The fraction of sp³-hybridized carbons (Fsp3) is 0.308. The van der Waals surface area contributed by atoms with Crippen LogP contribution in [0.2, 0.25) is 0 Å². The van der Waals surface area contributed by atoms with E-state index < -0.39 is 0 Å². The fourth-order valence-corrected chi connectivity index (χ4v) is 3.06. The van der Waals surface area contributed by atoms with Crippen molar-refractivity contribution in [3.8, 4) is 0 Å². The average molecular weight is 406 g/mol. The van der Waals surface area contributed by atoms with Crippen LogP contribution in [0.15, 0.2) is 33.3 Å². The molecule has 0 saturated carbocycles. The Morgan fingerprint density at radius 1 is 1.30 bits per heavy atom. The van der Waals surface area contributed by atoms with Gasteiger partial charge in [0.15, 0.2) is 0 Å². The molecule has 0 radical (unpaired) electrons. The Labute approximate surface area is 133 Å². The van der Waals surface area contributed by atoms with Crippen LogP contribution >= 0.6 is 31.9 Å². The maximum atomic E-state index is 13.5. The van der Waals surface area contributed by atoms with E-state index in [1.165, 1.54) is 12.1 Å². The minimum atomic E-state index is -0.376. The summed E-state index contributed by atoms with van der Waals surface area (Å²) in [6, 6.07) is 4.31. The lowest BCUT2D eigenvalue weighted by molar-refractivity contribution is 0.474. The fourth-order valence-electron chi connectivity index (χ4n) is 2.08. The maximum Gasteiger partial charge on any atom is 0.123 e. The zero-order chi connectivity index (χ0) is 14.9. The molecule has 2 rings (SSSR count). The topological polar surface area (TPSA) is 55.9 Å². The lowest BCUT2D eigenvalue weighted by atomic mass is 10.0. The summed E-state index contributed by atoms with van der Waals surface area (Å²) in [5.41, 5.74) is 4.31. The Hall–Kier alpha value is -0.760. The molecule has 0 bridgehead atoms. The molecule has 0 spiro atoms. The van der Waals surface area contributed by atoms with Gasteiger partial charge in [-0.3, -0.25) is 10.5 Å². The molecular weight excluding hydrogens is 391 g/mol.